The van der Waals surface area contributed by atoms with Gasteiger partial charge >= 0.3 is 0 Å². The van der Waals surface area contributed by atoms with Crippen molar-refractivity contribution in [3.63, 3.8) is 0 Å². The summed E-state index contributed by atoms with van der Waals surface area (Å²) in [5, 5.41) is 7.35. The van der Waals surface area contributed by atoms with Crippen LogP contribution in [0.25, 0.3) is 0 Å². The molecule has 7 nitrogen and oxygen atoms in total. The molecule has 0 aromatic carbocycles. The molecular weight excluding hydrogens is 342 g/mol. The third-order valence-corrected chi connectivity index (χ3v) is 4.84. The van der Waals surface area contributed by atoms with Gasteiger partial charge in [-0.15, -0.1) is 0 Å². The summed E-state index contributed by atoms with van der Waals surface area (Å²) in [7, 11) is 1.77. The summed E-state index contributed by atoms with van der Waals surface area (Å²) in [6.07, 6.45) is 3.72. The van der Waals surface area contributed by atoms with Gasteiger partial charge in [-0.2, -0.15) is 5.10 Å². The van der Waals surface area contributed by atoms with Crippen LogP contribution in [0, 0.1) is 5.92 Å². The Kier molecular flexibility index (Phi) is 5.30. The molecule has 0 spiro atoms. The van der Waals surface area contributed by atoms with E-state index in [9.17, 15) is 9.59 Å². The molecule has 7 heteroatoms. The molecule has 0 bridgehead atoms. The number of carbonyl (C=O) groups excluding carboxylic acids is 2. The van der Waals surface area contributed by atoms with Crippen LogP contribution in [0.5, 0.6) is 0 Å². The van der Waals surface area contributed by atoms with E-state index in [-0.39, 0.29) is 29.6 Å². The quantitative estimate of drug-likeness (QED) is 0.875. The van der Waals surface area contributed by atoms with Crippen molar-refractivity contribution >= 4 is 11.8 Å². The molecule has 1 aliphatic heterocycles. The van der Waals surface area contributed by atoms with E-state index < -0.39 is 0 Å². The molecule has 1 fully saturated rings. The number of H-pyrrole nitrogens is 1. The second kappa shape index (κ2) is 7.50. The monoisotopic (exact) mass is 369 g/mol. The summed E-state index contributed by atoms with van der Waals surface area (Å²) in [6, 6.07) is 5.79. The fraction of sp³-hybridized carbons (Fsp3) is 0.500. The van der Waals surface area contributed by atoms with Crippen molar-refractivity contribution in [1.82, 2.24) is 25.0 Å². The predicted molar refractivity (Wildman–Crippen MR) is 102 cm³/mol. The van der Waals surface area contributed by atoms with E-state index in [1.165, 1.54) is 0 Å². The first-order chi connectivity index (χ1) is 12.7. The summed E-state index contributed by atoms with van der Waals surface area (Å²) >= 11 is 0. The normalized spacial score (nSPS) is 17.4. The highest BCUT2D eigenvalue weighted by Gasteiger charge is 2.35. The van der Waals surface area contributed by atoms with Crippen LogP contribution >= 0.6 is 0 Å². The zero-order valence-electron chi connectivity index (χ0n) is 16.4. The minimum absolute atomic E-state index is 0.0102. The van der Waals surface area contributed by atoms with E-state index in [1.807, 2.05) is 18.2 Å². The topological polar surface area (TPSA) is 82.2 Å². The first-order valence-corrected chi connectivity index (χ1v) is 9.20. The molecule has 0 radical (unpaired) electrons. The van der Waals surface area contributed by atoms with Crippen molar-refractivity contribution < 1.29 is 9.59 Å². The third kappa shape index (κ3) is 4.53. The first kappa shape index (κ1) is 19.1. The predicted octanol–water partition coefficient (Wildman–Crippen LogP) is 2.11. The van der Waals surface area contributed by atoms with Crippen LogP contribution in [0.2, 0.25) is 0 Å². The van der Waals surface area contributed by atoms with Gasteiger partial charge in [0.2, 0.25) is 11.8 Å². The highest BCUT2D eigenvalue weighted by Crippen LogP contribution is 2.23. The molecule has 0 unspecified atom stereocenters. The Hall–Kier alpha value is -2.70. The second-order valence-electron chi connectivity index (χ2n) is 8.26. The molecule has 2 aromatic rings. The molecule has 1 atom stereocenters. The van der Waals surface area contributed by atoms with Gasteiger partial charge in [0.25, 0.3) is 0 Å². The molecule has 0 saturated carbocycles. The summed E-state index contributed by atoms with van der Waals surface area (Å²) in [5.41, 5.74) is 2.80. The van der Waals surface area contributed by atoms with Gasteiger partial charge in [0.1, 0.15) is 0 Å². The van der Waals surface area contributed by atoms with E-state index in [1.54, 1.807) is 29.2 Å². The molecular formula is C20H27N5O2. The highest BCUT2D eigenvalue weighted by molar-refractivity contribution is 5.89. The lowest BCUT2D eigenvalue weighted by Crippen LogP contribution is -2.34. The molecule has 3 heterocycles. The molecule has 1 N–H and O–H groups in total. The standard InChI is InChI=1S/C20H27N5O2/c1-20(2,3)17-9-16(22-23-17)13-24(4)19(27)15-8-18(26)25(12-15)11-14-6-5-7-21-10-14/h5-7,9-10,15H,8,11-13H2,1-4H3,(H,22,23)/t15-/m1/s1. The lowest BCUT2D eigenvalue weighted by atomic mass is 9.92. The van der Waals surface area contributed by atoms with Crippen molar-refractivity contribution in [1.29, 1.82) is 0 Å². The van der Waals surface area contributed by atoms with E-state index in [2.05, 4.69) is 36.0 Å². The molecule has 1 saturated heterocycles. The average Bonchev–Trinajstić information content (AvgIpc) is 3.22. The van der Waals surface area contributed by atoms with Crippen LogP contribution in [0.4, 0.5) is 0 Å². The summed E-state index contributed by atoms with van der Waals surface area (Å²) < 4.78 is 0. The molecule has 144 valence electrons. The molecule has 1 aliphatic rings. The van der Waals surface area contributed by atoms with Crippen LogP contribution in [0.1, 0.15) is 44.1 Å². The number of carbonyl (C=O) groups is 2. The fourth-order valence-corrected chi connectivity index (χ4v) is 3.27. The minimum Gasteiger partial charge on any atom is -0.340 e. The van der Waals surface area contributed by atoms with Crippen LogP contribution in [0.15, 0.2) is 30.6 Å². The van der Waals surface area contributed by atoms with Gasteiger partial charge in [-0.3, -0.25) is 19.7 Å². The Morgan fingerprint density at radius 1 is 1.41 bits per heavy atom. The third-order valence-electron chi connectivity index (χ3n) is 4.84. The van der Waals surface area contributed by atoms with Crippen LogP contribution < -0.4 is 0 Å². The van der Waals surface area contributed by atoms with Gasteiger partial charge < -0.3 is 9.80 Å². The molecule has 0 aliphatic carbocycles. The van der Waals surface area contributed by atoms with Crippen molar-refractivity contribution in [3.05, 3.63) is 47.5 Å². The Bertz CT molecular complexity index is 809. The van der Waals surface area contributed by atoms with Crippen LogP contribution in [-0.2, 0) is 28.1 Å². The van der Waals surface area contributed by atoms with Crippen LogP contribution in [0.3, 0.4) is 0 Å². The van der Waals surface area contributed by atoms with Gasteiger partial charge in [-0.25, -0.2) is 0 Å². The lowest BCUT2D eigenvalue weighted by molar-refractivity contribution is -0.135. The van der Waals surface area contributed by atoms with Gasteiger partial charge in [-0.1, -0.05) is 26.8 Å². The number of amides is 2. The summed E-state index contributed by atoms with van der Waals surface area (Å²) in [6.45, 7) is 7.70. The van der Waals surface area contributed by atoms with E-state index >= 15 is 0 Å². The number of aromatic amines is 1. The van der Waals surface area contributed by atoms with Crippen molar-refractivity contribution in [3.8, 4) is 0 Å². The van der Waals surface area contributed by atoms with Gasteiger partial charge in [0, 0.05) is 44.4 Å². The zero-order valence-corrected chi connectivity index (χ0v) is 16.4. The molecule has 2 aromatic heterocycles. The van der Waals surface area contributed by atoms with Gasteiger partial charge in [0.15, 0.2) is 0 Å². The highest BCUT2D eigenvalue weighted by atomic mass is 16.2. The Morgan fingerprint density at radius 3 is 2.81 bits per heavy atom. The second-order valence-corrected chi connectivity index (χ2v) is 8.26. The van der Waals surface area contributed by atoms with Crippen molar-refractivity contribution in [2.24, 2.45) is 5.92 Å². The van der Waals surface area contributed by atoms with Crippen LogP contribution in [-0.4, -0.2) is 50.4 Å². The number of hydrogen-bond acceptors (Lipinski definition) is 4. The fourth-order valence-electron chi connectivity index (χ4n) is 3.27. The molecule has 3 rings (SSSR count). The smallest absolute Gasteiger partial charge is 0.228 e. The van der Waals surface area contributed by atoms with E-state index in [0.717, 1.165) is 17.0 Å². The Labute approximate surface area is 159 Å². The van der Waals surface area contributed by atoms with E-state index in [4.69, 9.17) is 0 Å². The Balaban J connectivity index is 1.59. The number of nitrogens with zero attached hydrogens (tertiary/aromatic N) is 4. The number of rotatable bonds is 5. The first-order valence-electron chi connectivity index (χ1n) is 9.20. The number of nitrogens with one attached hydrogen (secondary N) is 1. The maximum atomic E-state index is 12.8. The van der Waals surface area contributed by atoms with Crippen molar-refractivity contribution in [2.75, 3.05) is 13.6 Å². The number of pyridine rings is 1. The molecule has 2 amide bonds. The maximum Gasteiger partial charge on any atom is 0.228 e. The largest absolute Gasteiger partial charge is 0.340 e. The number of hydrogen-bond donors (Lipinski definition) is 1. The number of likely N-dealkylation sites (tertiary alicyclic amines) is 1. The minimum atomic E-state index is -0.302. The lowest BCUT2D eigenvalue weighted by Gasteiger charge is -2.21. The van der Waals surface area contributed by atoms with E-state index in [0.29, 0.717) is 19.6 Å². The van der Waals surface area contributed by atoms with Gasteiger partial charge in [0.05, 0.1) is 23.9 Å². The summed E-state index contributed by atoms with van der Waals surface area (Å²) in [4.78, 5) is 32.6. The zero-order chi connectivity index (χ0) is 19.6. The number of aromatic nitrogens is 3. The van der Waals surface area contributed by atoms with Gasteiger partial charge in [-0.05, 0) is 17.7 Å². The maximum absolute atomic E-state index is 12.8. The average molecular weight is 369 g/mol. The Morgan fingerprint density at radius 2 is 2.19 bits per heavy atom. The SMILES string of the molecule is CN(Cc1cc(C(C)(C)C)n[nH]1)C(=O)[C@@H]1CC(=O)N(Cc2cccnc2)C1. The summed E-state index contributed by atoms with van der Waals surface area (Å²) in [5.74, 6) is -0.296. The van der Waals surface area contributed by atoms with Crippen molar-refractivity contribution in [2.45, 2.75) is 45.7 Å². The molecule has 27 heavy (non-hydrogen) atoms.